The van der Waals surface area contributed by atoms with E-state index in [-0.39, 0.29) is 12.2 Å². The maximum absolute atomic E-state index is 12.3. The molecular formula is C20H32N6O4. The highest BCUT2D eigenvalue weighted by Crippen LogP contribution is 2.28. The number of hydrogen-bond acceptors (Lipinski definition) is 8. The lowest BCUT2D eigenvalue weighted by Crippen LogP contribution is -2.36. The first-order chi connectivity index (χ1) is 14.2. The standard InChI is InChI=1S/C20H32N6O4/c1-7-26-16-15(23-18(26)24(5)10-11-28-6)17(22-13-21-16)29-14-8-9-25(12-14)19(27)30-20(2,3)4/h13-14H,7-12H2,1-6H3. The molecule has 0 saturated carbocycles. The van der Waals surface area contributed by atoms with Crippen molar-refractivity contribution in [2.24, 2.45) is 0 Å². The fraction of sp³-hybridized carbons (Fsp3) is 0.700. The van der Waals surface area contributed by atoms with E-state index in [0.29, 0.717) is 44.1 Å². The van der Waals surface area contributed by atoms with Crippen molar-refractivity contribution < 1.29 is 19.0 Å². The van der Waals surface area contributed by atoms with Crippen LogP contribution in [0.3, 0.4) is 0 Å². The third kappa shape index (κ3) is 4.92. The number of nitrogens with zero attached hydrogens (tertiary/aromatic N) is 6. The molecule has 1 amide bonds. The zero-order valence-corrected chi connectivity index (χ0v) is 18.7. The highest BCUT2D eigenvalue weighted by molar-refractivity contribution is 5.79. The predicted octanol–water partition coefficient (Wildman–Crippen LogP) is 2.32. The number of rotatable bonds is 7. The van der Waals surface area contributed by atoms with Crippen molar-refractivity contribution in [2.75, 3.05) is 45.3 Å². The Kier molecular flexibility index (Phi) is 6.64. The van der Waals surface area contributed by atoms with Crippen LogP contribution in [0.2, 0.25) is 0 Å². The number of aromatic nitrogens is 4. The lowest BCUT2D eigenvalue weighted by Gasteiger charge is -2.24. The molecule has 30 heavy (non-hydrogen) atoms. The molecule has 0 aromatic carbocycles. The minimum atomic E-state index is -0.521. The van der Waals surface area contributed by atoms with Gasteiger partial charge in [-0.25, -0.2) is 14.8 Å². The number of ether oxygens (including phenoxy) is 3. The van der Waals surface area contributed by atoms with Gasteiger partial charge in [-0.1, -0.05) is 0 Å². The van der Waals surface area contributed by atoms with Gasteiger partial charge in [0.2, 0.25) is 11.8 Å². The third-order valence-corrected chi connectivity index (χ3v) is 4.84. The fourth-order valence-corrected chi connectivity index (χ4v) is 3.38. The quantitative estimate of drug-likeness (QED) is 0.674. The Morgan fingerprint density at radius 2 is 2.10 bits per heavy atom. The summed E-state index contributed by atoms with van der Waals surface area (Å²) in [5.74, 6) is 1.22. The van der Waals surface area contributed by atoms with Crippen molar-refractivity contribution in [3.8, 4) is 5.88 Å². The van der Waals surface area contributed by atoms with Gasteiger partial charge < -0.3 is 24.0 Å². The summed E-state index contributed by atoms with van der Waals surface area (Å²) in [5.41, 5.74) is 0.825. The van der Waals surface area contributed by atoms with Crippen molar-refractivity contribution in [1.82, 2.24) is 24.4 Å². The van der Waals surface area contributed by atoms with Crippen molar-refractivity contribution in [2.45, 2.75) is 52.4 Å². The van der Waals surface area contributed by atoms with Gasteiger partial charge in [-0.2, -0.15) is 4.98 Å². The number of likely N-dealkylation sites (N-methyl/N-ethyl adjacent to an activating group) is 1. The minimum absolute atomic E-state index is 0.169. The monoisotopic (exact) mass is 420 g/mol. The van der Waals surface area contributed by atoms with Crippen LogP contribution in [0, 0.1) is 0 Å². The van der Waals surface area contributed by atoms with E-state index in [2.05, 4.69) is 9.97 Å². The van der Waals surface area contributed by atoms with Gasteiger partial charge in [0.1, 0.15) is 18.0 Å². The normalized spacial score (nSPS) is 16.9. The van der Waals surface area contributed by atoms with Crippen LogP contribution in [0.25, 0.3) is 11.2 Å². The predicted molar refractivity (Wildman–Crippen MR) is 113 cm³/mol. The molecule has 0 radical (unpaired) electrons. The summed E-state index contributed by atoms with van der Waals surface area (Å²) in [5, 5.41) is 0. The average Bonchev–Trinajstić information content (AvgIpc) is 3.29. The largest absolute Gasteiger partial charge is 0.471 e. The van der Waals surface area contributed by atoms with E-state index in [9.17, 15) is 4.79 Å². The summed E-state index contributed by atoms with van der Waals surface area (Å²) in [4.78, 5) is 29.5. The lowest BCUT2D eigenvalue weighted by molar-refractivity contribution is 0.0275. The molecule has 0 bridgehead atoms. The Hall–Kier alpha value is -2.62. The van der Waals surface area contributed by atoms with Gasteiger partial charge in [-0.3, -0.25) is 4.57 Å². The summed E-state index contributed by atoms with van der Waals surface area (Å²) in [6, 6.07) is 0. The smallest absolute Gasteiger partial charge is 0.410 e. The molecule has 1 aliphatic rings. The van der Waals surface area contributed by atoms with E-state index in [1.807, 2.05) is 44.2 Å². The van der Waals surface area contributed by atoms with Gasteiger partial charge in [-0.05, 0) is 27.7 Å². The number of hydrogen-bond donors (Lipinski definition) is 0. The second-order valence-electron chi connectivity index (χ2n) is 8.38. The van der Waals surface area contributed by atoms with Crippen LogP contribution in [0.1, 0.15) is 34.1 Å². The van der Waals surface area contributed by atoms with E-state index < -0.39 is 5.60 Å². The Morgan fingerprint density at radius 1 is 1.33 bits per heavy atom. The van der Waals surface area contributed by atoms with Gasteiger partial charge in [0.25, 0.3) is 0 Å². The Balaban J connectivity index is 1.77. The molecule has 2 aromatic rings. The molecule has 0 spiro atoms. The van der Waals surface area contributed by atoms with Crippen molar-refractivity contribution in [1.29, 1.82) is 0 Å². The molecule has 1 atom stereocenters. The molecular weight excluding hydrogens is 388 g/mol. The number of fused-ring (bicyclic) bond motifs is 1. The lowest BCUT2D eigenvalue weighted by atomic mass is 10.2. The zero-order valence-electron chi connectivity index (χ0n) is 18.7. The highest BCUT2D eigenvalue weighted by Gasteiger charge is 2.32. The SMILES string of the molecule is CCn1c(N(C)CCOC)nc2c(OC3CCN(C(=O)OC(C)(C)C)C3)ncnc21. The molecule has 2 aromatic heterocycles. The Morgan fingerprint density at radius 3 is 2.77 bits per heavy atom. The van der Waals surface area contributed by atoms with Crippen LogP contribution in [0.15, 0.2) is 6.33 Å². The summed E-state index contributed by atoms with van der Waals surface area (Å²) in [6.45, 7) is 10.7. The van der Waals surface area contributed by atoms with Crippen LogP contribution in [-0.2, 0) is 16.0 Å². The number of imidazole rings is 1. The molecule has 1 saturated heterocycles. The molecule has 0 N–H and O–H groups in total. The van der Waals surface area contributed by atoms with Crippen LogP contribution >= 0.6 is 0 Å². The van der Waals surface area contributed by atoms with Gasteiger partial charge >= 0.3 is 6.09 Å². The van der Waals surface area contributed by atoms with Crippen LogP contribution in [0.5, 0.6) is 5.88 Å². The number of carbonyl (C=O) groups excluding carboxylic acids is 1. The summed E-state index contributed by atoms with van der Waals surface area (Å²) in [7, 11) is 3.65. The minimum Gasteiger partial charge on any atom is -0.471 e. The molecule has 166 valence electrons. The van der Waals surface area contributed by atoms with Gasteiger partial charge in [0.05, 0.1) is 13.2 Å². The Bertz CT molecular complexity index is 878. The highest BCUT2D eigenvalue weighted by atomic mass is 16.6. The third-order valence-electron chi connectivity index (χ3n) is 4.84. The molecule has 1 aliphatic heterocycles. The Labute approximate surface area is 177 Å². The second kappa shape index (κ2) is 9.03. The first kappa shape index (κ1) is 22.1. The second-order valence-corrected chi connectivity index (χ2v) is 8.38. The van der Waals surface area contributed by atoms with Gasteiger partial charge in [-0.15, -0.1) is 0 Å². The van der Waals surface area contributed by atoms with Crippen molar-refractivity contribution in [3.63, 3.8) is 0 Å². The molecule has 3 rings (SSSR count). The zero-order chi connectivity index (χ0) is 21.9. The number of likely N-dealkylation sites (tertiary alicyclic amines) is 1. The fourth-order valence-electron chi connectivity index (χ4n) is 3.38. The summed E-state index contributed by atoms with van der Waals surface area (Å²) >= 11 is 0. The van der Waals surface area contributed by atoms with Crippen LogP contribution in [0.4, 0.5) is 10.7 Å². The number of methoxy groups -OCH3 is 1. The molecule has 10 nitrogen and oxygen atoms in total. The van der Waals surface area contributed by atoms with Gasteiger partial charge in [0.15, 0.2) is 11.2 Å². The molecule has 1 unspecified atom stereocenters. The molecule has 3 heterocycles. The van der Waals surface area contributed by atoms with Crippen LogP contribution in [-0.4, -0.2) is 82.6 Å². The molecule has 1 fully saturated rings. The van der Waals surface area contributed by atoms with Crippen molar-refractivity contribution in [3.05, 3.63) is 6.33 Å². The summed E-state index contributed by atoms with van der Waals surface area (Å²) < 4.78 is 18.8. The number of carbonyl (C=O) groups is 1. The van der Waals surface area contributed by atoms with E-state index in [0.717, 1.165) is 18.1 Å². The average molecular weight is 421 g/mol. The van der Waals surface area contributed by atoms with E-state index >= 15 is 0 Å². The summed E-state index contributed by atoms with van der Waals surface area (Å²) in [6.07, 6.45) is 1.71. The number of amides is 1. The first-order valence-corrected chi connectivity index (χ1v) is 10.3. The van der Waals surface area contributed by atoms with E-state index in [1.54, 1.807) is 12.0 Å². The number of aryl methyl sites for hydroxylation is 1. The number of anilines is 1. The first-order valence-electron chi connectivity index (χ1n) is 10.3. The van der Waals surface area contributed by atoms with E-state index in [1.165, 1.54) is 6.33 Å². The topological polar surface area (TPSA) is 94.8 Å². The van der Waals surface area contributed by atoms with Crippen molar-refractivity contribution >= 4 is 23.2 Å². The molecule has 0 aliphatic carbocycles. The van der Waals surface area contributed by atoms with E-state index in [4.69, 9.17) is 19.2 Å². The van der Waals surface area contributed by atoms with Crippen LogP contribution < -0.4 is 9.64 Å². The molecule has 10 heteroatoms. The maximum atomic E-state index is 12.3. The maximum Gasteiger partial charge on any atom is 0.410 e. The van der Waals surface area contributed by atoms with Gasteiger partial charge in [0, 0.05) is 40.2 Å².